The highest BCUT2D eigenvalue weighted by Gasteiger charge is 2.51. The van der Waals surface area contributed by atoms with E-state index in [9.17, 15) is 13.2 Å². The molecule has 0 aromatic heterocycles. The van der Waals surface area contributed by atoms with Crippen molar-refractivity contribution in [2.24, 2.45) is 22.9 Å². The van der Waals surface area contributed by atoms with Crippen LogP contribution < -0.4 is 19.2 Å². The summed E-state index contributed by atoms with van der Waals surface area (Å²) in [6, 6.07) is 13.0. The third-order valence-electron chi connectivity index (χ3n) is 8.33. The van der Waals surface area contributed by atoms with Gasteiger partial charge >= 0.3 is 0 Å². The average Bonchev–Trinajstić information content (AvgIpc) is 2.86. The summed E-state index contributed by atoms with van der Waals surface area (Å²) >= 11 is 0. The van der Waals surface area contributed by atoms with Crippen molar-refractivity contribution in [3.8, 4) is 11.5 Å². The molecule has 0 atom stereocenters. The van der Waals surface area contributed by atoms with Crippen LogP contribution in [0, 0.1) is 17.8 Å². The largest absolute Gasteiger partial charge is 0.497 e. The zero-order chi connectivity index (χ0) is 26.2. The molecule has 6 rings (SSSR count). The van der Waals surface area contributed by atoms with Gasteiger partial charge < -0.3 is 9.47 Å². The Morgan fingerprint density at radius 1 is 1.03 bits per heavy atom. The summed E-state index contributed by atoms with van der Waals surface area (Å²) in [6.45, 7) is -0.368. The number of hydrogen-bond donors (Lipinski definition) is 1. The molecule has 1 N–H and O–H groups in total. The molecule has 4 aliphatic rings. The molecule has 4 fully saturated rings. The Morgan fingerprint density at radius 2 is 1.65 bits per heavy atom. The van der Waals surface area contributed by atoms with E-state index in [1.165, 1.54) is 57.4 Å². The summed E-state index contributed by atoms with van der Waals surface area (Å²) in [5.41, 5.74) is 5.09. The number of anilines is 1. The summed E-state index contributed by atoms with van der Waals surface area (Å²) in [5.74, 6) is 3.13. The summed E-state index contributed by atoms with van der Waals surface area (Å²) < 4.78 is 36.8. The lowest BCUT2D eigenvalue weighted by Gasteiger charge is -2.57. The summed E-state index contributed by atoms with van der Waals surface area (Å²) in [5, 5.41) is 3.99. The van der Waals surface area contributed by atoms with Crippen molar-refractivity contribution >= 4 is 27.8 Å². The molecule has 0 heterocycles. The van der Waals surface area contributed by atoms with Crippen LogP contribution in [-0.4, -0.2) is 47.6 Å². The number of ether oxygens (including phenoxy) is 2. The lowest BCUT2D eigenvalue weighted by atomic mass is 9.48. The lowest BCUT2D eigenvalue weighted by molar-refractivity contribution is -0.119. The van der Waals surface area contributed by atoms with Crippen LogP contribution in [-0.2, 0) is 20.2 Å². The molecule has 9 heteroatoms. The molecule has 2 aromatic rings. The van der Waals surface area contributed by atoms with Gasteiger partial charge in [-0.15, -0.1) is 0 Å². The number of nitrogens with one attached hydrogen (secondary N) is 1. The predicted molar refractivity (Wildman–Crippen MR) is 144 cm³/mol. The molecule has 4 aliphatic carbocycles. The van der Waals surface area contributed by atoms with Crippen molar-refractivity contribution in [1.29, 1.82) is 0 Å². The molecule has 0 spiro atoms. The van der Waals surface area contributed by atoms with Gasteiger partial charge in [-0.1, -0.05) is 12.1 Å². The maximum atomic E-state index is 12.6. The van der Waals surface area contributed by atoms with E-state index in [1.807, 2.05) is 12.1 Å². The van der Waals surface area contributed by atoms with E-state index in [4.69, 9.17) is 9.47 Å². The second-order valence-electron chi connectivity index (χ2n) is 10.9. The van der Waals surface area contributed by atoms with E-state index >= 15 is 0 Å². The third kappa shape index (κ3) is 5.32. The van der Waals surface area contributed by atoms with E-state index in [2.05, 4.69) is 22.7 Å². The quantitative estimate of drug-likeness (QED) is 0.393. The highest BCUT2D eigenvalue weighted by molar-refractivity contribution is 7.92. The van der Waals surface area contributed by atoms with E-state index in [0.29, 0.717) is 22.7 Å². The smallest absolute Gasteiger partial charge is 0.260 e. The van der Waals surface area contributed by atoms with Crippen molar-refractivity contribution in [1.82, 2.24) is 5.43 Å². The second kappa shape index (κ2) is 10.0. The van der Waals surface area contributed by atoms with E-state index in [1.54, 1.807) is 25.3 Å². The van der Waals surface area contributed by atoms with Crippen LogP contribution in [0.4, 0.5) is 5.69 Å². The van der Waals surface area contributed by atoms with E-state index in [-0.39, 0.29) is 12.0 Å². The van der Waals surface area contributed by atoms with Crippen LogP contribution in [0.1, 0.15) is 49.7 Å². The summed E-state index contributed by atoms with van der Waals surface area (Å²) in [4.78, 5) is 12.6. The number of methoxy groups -OCH3 is 2. The van der Waals surface area contributed by atoms with Crippen molar-refractivity contribution in [3.63, 3.8) is 0 Å². The van der Waals surface area contributed by atoms with Gasteiger partial charge in [-0.3, -0.25) is 9.10 Å². The van der Waals surface area contributed by atoms with Gasteiger partial charge in [0.25, 0.3) is 5.91 Å². The molecule has 0 saturated heterocycles. The number of carbonyl (C=O) groups is 1. The van der Waals surface area contributed by atoms with Crippen molar-refractivity contribution in [2.75, 3.05) is 31.3 Å². The van der Waals surface area contributed by atoms with Gasteiger partial charge in [0.2, 0.25) is 10.0 Å². The van der Waals surface area contributed by atoms with Gasteiger partial charge in [-0.25, -0.2) is 13.8 Å². The first kappa shape index (κ1) is 25.6. The second-order valence-corrected chi connectivity index (χ2v) is 12.8. The minimum Gasteiger partial charge on any atom is -0.497 e. The maximum absolute atomic E-state index is 12.6. The molecule has 198 valence electrons. The normalized spacial score (nSPS) is 26.3. The molecule has 0 radical (unpaired) electrons. The number of nitrogens with zero attached hydrogens (tertiary/aromatic N) is 2. The number of hydrazone groups is 1. The Kier molecular flexibility index (Phi) is 6.91. The lowest BCUT2D eigenvalue weighted by Crippen LogP contribution is -2.48. The van der Waals surface area contributed by atoms with Crippen LogP contribution in [0.3, 0.4) is 0 Å². The number of amides is 1. The van der Waals surface area contributed by atoms with E-state index < -0.39 is 15.9 Å². The number of carbonyl (C=O) groups excluding carboxylic acids is 1. The Balaban J connectivity index is 1.27. The molecule has 2 aromatic carbocycles. The topological polar surface area (TPSA) is 97.3 Å². The molecule has 1 amide bonds. The molecule has 0 unspecified atom stereocenters. The zero-order valence-electron chi connectivity index (χ0n) is 21.6. The van der Waals surface area contributed by atoms with Crippen molar-refractivity contribution in [2.45, 2.75) is 43.9 Å². The number of rotatable bonds is 9. The monoisotopic (exact) mass is 525 g/mol. The maximum Gasteiger partial charge on any atom is 0.260 e. The highest BCUT2D eigenvalue weighted by atomic mass is 32.2. The predicted octanol–water partition coefficient (Wildman–Crippen LogP) is 4.09. The van der Waals surface area contributed by atoms with Crippen LogP contribution in [0.2, 0.25) is 0 Å². The first-order valence-electron chi connectivity index (χ1n) is 12.8. The van der Waals surface area contributed by atoms with Crippen molar-refractivity contribution in [3.05, 3.63) is 53.6 Å². The van der Waals surface area contributed by atoms with Crippen LogP contribution in [0.25, 0.3) is 0 Å². The van der Waals surface area contributed by atoms with Gasteiger partial charge in [-0.05, 0) is 91.5 Å². The fraction of sp³-hybridized carbons (Fsp3) is 0.500. The SMILES string of the molecule is COc1ccc(C=NNC(=O)CN(c2ccc(C34CC5CC(CC(C5)C3)C4)cc2)S(C)(=O)=O)c(OC)c1. The van der Waals surface area contributed by atoms with Gasteiger partial charge in [0.15, 0.2) is 0 Å². The van der Waals surface area contributed by atoms with Crippen LogP contribution in [0.15, 0.2) is 47.6 Å². The molecule has 4 saturated carbocycles. The zero-order valence-corrected chi connectivity index (χ0v) is 22.5. The number of hydrogen-bond acceptors (Lipinski definition) is 6. The number of sulfonamides is 1. The minimum atomic E-state index is -3.68. The molecule has 8 nitrogen and oxygen atoms in total. The summed E-state index contributed by atoms with van der Waals surface area (Å²) in [6.07, 6.45) is 10.4. The Labute approximate surface area is 219 Å². The van der Waals surface area contributed by atoms with Gasteiger partial charge in [-0.2, -0.15) is 5.10 Å². The minimum absolute atomic E-state index is 0.234. The number of benzene rings is 2. The van der Waals surface area contributed by atoms with Gasteiger partial charge in [0, 0.05) is 11.6 Å². The molecule has 37 heavy (non-hydrogen) atoms. The summed E-state index contributed by atoms with van der Waals surface area (Å²) in [7, 11) is -0.586. The third-order valence-corrected chi connectivity index (χ3v) is 9.47. The molecule has 0 aliphatic heterocycles. The Hall–Kier alpha value is -3.07. The van der Waals surface area contributed by atoms with Gasteiger partial charge in [0.1, 0.15) is 18.0 Å². The molecular weight excluding hydrogens is 490 g/mol. The standard InChI is InChI=1S/C28H35N3O5S/c1-35-25-9-4-22(26(13-25)36-2)17-29-30-27(32)18-31(37(3,33)34)24-7-5-23(6-8-24)28-14-19-10-20(15-28)12-21(11-19)16-28/h4-9,13,17,19-21H,10-12,14-16,18H2,1-3H3,(H,30,32). The fourth-order valence-electron chi connectivity index (χ4n) is 7.11. The van der Waals surface area contributed by atoms with Crippen LogP contribution >= 0.6 is 0 Å². The van der Waals surface area contributed by atoms with Crippen molar-refractivity contribution < 1.29 is 22.7 Å². The fourth-order valence-corrected chi connectivity index (χ4v) is 7.97. The average molecular weight is 526 g/mol. The van der Waals surface area contributed by atoms with E-state index in [0.717, 1.165) is 28.3 Å². The molecular formula is C28H35N3O5S. The highest BCUT2D eigenvalue weighted by Crippen LogP contribution is 2.60. The molecule has 4 bridgehead atoms. The first-order valence-corrected chi connectivity index (χ1v) is 14.7. The Morgan fingerprint density at radius 3 is 2.19 bits per heavy atom. The van der Waals surface area contributed by atoms with Crippen LogP contribution in [0.5, 0.6) is 11.5 Å². The van der Waals surface area contributed by atoms with Gasteiger partial charge in [0.05, 0.1) is 32.4 Å². The first-order chi connectivity index (χ1) is 17.7. The Bertz CT molecular complexity index is 1250.